The number of rotatable bonds is 7. The van der Waals surface area contributed by atoms with Crippen molar-refractivity contribution in [2.24, 2.45) is 5.92 Å². The Kier molecular flexibility index (Phi) is 6.80. The van der Waals surface area contributed by atoms with Gasteiger partial charge in [0.2, 0.25) is 5.91 Å². The summed E-state index contributed by atoms with van der Waals surface area (Å²) in [4.78, 5) is 14.9. The number of β-lactam (4-membered cyclic amide) rings is 1. The van der Waals surface area contributed by atoms with Gasteiger partial charge in [-0.1, -0.05) is 48.5 Å². The van der Waals surface area contributed by atoms with Gasteiger partial charge in [-0.15, -0.1) is 0 Å². The summed E-state index contributed by atoms with van der Waals surface area (Å²) < 4.78 is 26.8. The third kappa shape index (κ3) is 5.00. The van der Waals surface area contributed by atoms with Crippen LogP contribution >= 0.6 is 0 Å². The number of amides is 1. The van der Waals surface area contributed by atoms with Gasteiger partial charge in [0.15, 0.2) is 0 Å². The normalized spacial score (nSPS) is 17.7. The number of benzene rings is 4. The second-order valence-corrected chi connectivity index (χ2v) is 9.20. The molecule has 5 rings (SSSR count). The highest BCUT2D eigenvalue weighted by Gasteiger charge is 2.48. The quantitative estimate of drug-likeness (QED) is 0.290. The van der Waals surface area contributed by atoms with Crippen LogP contribution in [0.15, 0.2) is 97.1 Å². The molecule has 4 aromatic rings. The molecule has 1 N–H and O–H groups in total. The molecule has 1 saturated heterocycles. The van der Waals surface area contributed by atoms with Crippen LogP contribution in [0.4, 0.5) is 14.5 Å². The highest BCUT2D eigenvalue weighted by atomic mass is 19.1. The van der Waals surface area contributed by atoms with Gasteiger partial charge >= 0.3 is 0 Å². The Labute approximate surface area is 214 Å². The molecule has 184 valence electrons. The maximum absolute atomic E-state index is 13.5. The fraction of sp³-hybridized carbons (Fsp3) is 0.161. The SMILES string of the molecule is N#Cc1cccc(-c2ccc([C@@H]3[C@@H](CC[C@H](O)c4ccc(F)cc4)C(=O)N3c3ccc(F)cc3)cc2)c1. The minimum absolute atomic E-state index is 0.0892. The van der Waals surface area contributed by atoms with E-state index in [0.29, 0.717) is 29.7 Å². The third-order valence-electron chi connectivity index (χ3n) is 6.90. The molecule has 3 atom stereocenters. The molecule has 1 amide bonds. The first kappa shape index (κ1) is 24.4. The zero-order valence-electron chi connectivity index (χ0n) is 19.9. The van der Waals surface area contributed by atoms with E-state index in [2.05, 4.69) is 6.07 Å². The number of halogens is 2. The maximum Gasteiger partial charge on any atom is 0.233 e. The van der Waals surface area contributed by atoms with Crippen molar-refractivity contribution in [2.75, 3.05) is 4.90 Å². The largest absolute Gasteiger partial charge is 0.388 e. The third-order valence-corrected chi connectivity index (χ3v) is 6.90. The second-order valence-electron chi connectivity index (χ2n) is 9.20. The van der Waals surface area contributed by atoms with Crippen molar-refractivity contribution in [1.82, 2.24) is 0 Å². The molecule has 0 unspecified atom stereocenters. The summed E-state index contributed by atoms with van der Waals surface area (Å²) in [5.41, 5.74) is 4.58. The molecule has 0 saturated carbocycles. The number of anilines is 1. The van der Waals surface area contributed by atoms with Crippen molar-refractivity contribution in [1.29, 1.82) is 5.26 Å². The topological polar surface area (TPSA) is 64.3 Å². The lowest BCUT2D eigenvalue weighted by Gasteiger charge is -2.48. The van der Waals surface area contributed by atoms with Crippen LogP contribution in [0.25, 0.3) is 11.1 Å². The zero-order chi connectivity index (χ0) is 25.9. The van der Waals surface area contributed by atoms with Gasteiger partial charge in [-0.2, -0.15) is 5.26 Å². The summed E-state index contributed by atoms with van der Waals surface area (Å²) in [6.07, 6.45) is -0.0377. The highest BCUT2D eigenvalue weighted by molar-refractivity contribution is 6.03. The molecule has 0 spiro atoms. The van der Waals surface area contributed by atoms with Gasteiger partial charge in [0.25, 0.3) is 0 Å². The van der Waals surface area contributed by atoms with Gasteiger partial charge in [-0.05, 0) is 83.6 Å². The molecule has 4 nitrogen and oxygen atoms in total. The van der Waals surface area contributed by atoms with Gasteiger partial charge in [0, 0.05) is 5.69 Å². The molecule has 4 aromatic carbocycles. The van der Waals surface area contributed by atoms with Crippen LogP contribution in [-0.2, 0) is 4.79 Å². The molecule has 1 aliphatic heterocycles. The van der Waals surface area contributed by atoms with Gasteiger partial charge in [-0.3, -0.25) is 4.79 Å². The molecule has 1 heterocycles. The summed E-state index contributed by atoms with van der Waals surface area (Å²) in [5, 5.41) is 19.8. The molecule has 0 radical (unpaired) electrons. The zero-order valence-corrected chi connectivity index (χ0v) is 19.9. The average Bonchev–Trinajstić information content (AvgIpc) is 2.93. The van der Waals surface area contributed by atoms with Crippen molar-refractivity contribution >= 4 is 11.6 Å². The van der Waals surface area contributed by atoms with E-state index in [1.54, 1.807) is 35.2 Å². The minimum Gasteiger partial charge on any atom is -0.388 e. The lowest BCUT2D eigenvalue weighted by molar-refractivity contribution is -0.131. The monoisotopic (exact) mass is 494 g/mol. The van der Waals surface area contributed by atoms with Gasteiger partial charge in [-0.25, -0.2) is 8.78 Å². The number of carbonyl (C=O) groups excluding carboxylic acids is 1. The Bertz CT molecular complexity index is 1440. The van der Waals surface area contributed by atoms with Crippen molar-refractivity contribution in [3.8, 4) is 17.2 Å². The van der Waals surface area contributed by atoms with Crippen molar-refractivity contribution in [2.45, 2.75) is 25.0 Å². The smallest absolute Gasteiger partial charge is 0.233 e. The van der Waals surface area contributed by atoms with E-state index < -0.39 is 6.10 Å². The Hall–Kier alpha value is -4.34. The fourth-order valence-electron chi connectivity index (χ4n) is 4.93. The van der Waals surface area contributed by atoms with E-state index in [1.807, 2.05) is 42.5 Å². The summed E-state index contributed by atoms with van der Waals surface area (Å²) in [5.74, 6) is -1.21. The number of aliphatic hydroxyl groups is 1. The Morgan fingerprint density at radius 2 is 1.51 bits per heavy atom. The number of hydrogen-bond donors (Lipinski definition) is 1. The van der Waals surface area contributed by atoms with Crippen molar-refractivity contribution in [3.05, 3.63) is 125 Å². The van der Waals surface area contributed by atoms with Crippen LogP contribution in [0.3, 0.4) is 0 Å². The van der Waals surface area contributed by atoms with E-state index in [4.69, 9.17) is 0 Å². The number of nitriles is 1. The summed E-state index contributed by atoms with van der Waals surface area (Å²) in [7, 11) is 0. The molecule has 1 fully saturated rings. The lowest BCUT2D eigenvalue weighted by atomic mass is 9.78. The number of nitrogens with zero attached hydrogens (tertiary/aromatic N) is 2. The molecule has 0 aromatic heterocycles. The number of hydrogen-bond acceptors (Lipinski definition) is 3. The Morgan fingerprint density at radius 3 is 2.16 bits per heavy atom. The van der Waals surface area contributed by atoms with Crippen molar-refractivity contribution < 1.29 is 18.7 Å². The molecule has 0 aliphatic carbocycles. The predicted molar refractivity (Wildman–Crippen MR) is 137 cm³/mol. The van der Waals surface area contributed by atoms with Crippen molar-refractivity contribution in [3.63, 3.8) is 0 Å². The van der Waals surface area contributed by atoms with E-state index in [-0.39, 0.29) is 29.5 Å². The van der Waals surface area contributed by atoms with E-state index in [0.717, 1.165) is 16.7 Å². The number of aliphatic hydroxyl groups excluding tert-OH is 1. The molecule has 1 aliphatic rings. The summed E-state index contributed by atoms with van der Waals surface area (Å²) in [6, 6.07) is 28.6. The molecule has 0 bridgehead atoms. The first-order valence-electron chi connectivity index (χ1n) is 12.1. The summed E-state index contributed by atoms with van der Waals surface area (Å²) >= 11 is 0. The maximum atomic E-state index is 13.5. The van der Waals surface area contributed by atoms with E-state index in [9.17, 15) is 23.9 Å². The van der Waals surface area contributed by atoms with E-state index >= 15 is 0 Å². The average molecular weight is 495 g/mol. The number of carbonyl (C=O) groups is 1. The molecular weight excluding hydrogens is 470 g/mol. The van der Waals surface area contributed by atoms with Crippen LogP contribution in [0.2, 0.25) is 0 Å². The van der Waals surface area contributed by atoms with Crippen LogP contribution in [0.5, 0.6) is 0 Å². The standard InChI is InChI=1S/C31H24F2N2O2/c32-25-10-8-22(9-11-25)29(36)17-16-28-30(35(31(28)37)27-14-12-26(33)13-15-27)23-6-4-21(5-7-23)24-3-1-2-20(18-24)19-34/h1-15,18,28-30,36H,16-17H2/t28-,29+,30-/m1/s1. The fourth-order valence-corrected chi connectivity index (χ4v) is 4.93. The highest BCUT2D eigenvalue weighted by Crippen LogP contribution is 2.46. The minimum atomic E-state index is -0.816. The van der Waals surface area contributed by atoms with Crippen LogP contribution in [-0.4, -0.2) is 11.0 Å². The van der Waals surface area contributed by atoms with Crippen LogP contribution in [0, 0.1) is 28.9 Å². The van der Waals surface area contributed by atoms with Crippen LogP contribution < -0.4 is 4.90 Å². The lowest BCUT2D eigenvalue weighted by Crippen LogP contribution is -2.55. The Morgan fingerprint density at radius 1 is 0.865 bits per heavy atom. The van der Waals surface area contributed by atoms with Gasteiger partial charge < -0.3 is 10.0 Å². The van der Waals surface area contributed by atoms with Gasteiger partial charge in [0.1, 0.15) is 11.6 Å². The van der Waals surface area contributed by atoms with E-state index in [1.165, 1.54) is 24.3 Å². The Balaban J connectivity index is 1.40. The van der Waals surface area contributed by atoms with Gasteiger partial charge in [0.05, 0.1) is 29.7 Å². The van der Waals surface area contributed by atoms with Crippen LogP contribution in [0.1, 0.15) is 41.7 Å². The second kappa shape index (κ2) is 10.3. The molecule has 6 heteroatoms. The first-order chi connectivity index (χ1) is 17.9. The first-order valence-corrected chi connectivity index (χ1v) is 12.1. The molecule has 37 heavy (non-hydrogen) atoms. The predicted octanol–water partition coefficient (Wildman–Crippen LogP) is 6.72. The molecular formula is C31H24F2N2O2. The summed E-state index contributed by atoms with van der Waals surface area (Å²) in [6.45, 7) is 0.